The summed E-state index contributed by atoms with van der Waals surface area (Å²) in [7, 11) is -1.11. The fraction of sp³-hybridized carbons (Fsp3) is 0.0811. The lowest BCUT2D eigenvalue weighted by molar-refractivity contribution is 0.519. The maximum absolute atomic E-state index is 14.3. The zero-order valence-electron chi connectivity index (χ0n) is 59.0. The minimum Gasteiger partial charge on any atom is -0.396 e. The first kappa shape index (κ1) is 85.2. The highest BCUT2D eigenvalue weighted by molar-refractivity contribution is 9.10. The molecular formula is C74H55BrCl8F4N20O4S2. The molecule has 0 unspecified atom stereocenters. The number of nitrogen functional groups attached to an aromatic ring is 3. The van der Waals surface area contributed by atoms with E-state index in [0.29, 0.717) is 110 Å². The van der Waals surface area contributed by atoms with Gasteiger partial charge >= 0.3 is 0 Å². The fourth-order valence-electron chi connectivity index (χ4n) is 10.1. The van der Waals surface area contributed by atoms with Crippen LogP contribution in [0.3, 0.4) is 0 Å². The topological polar surface area (TPSA) is 355 Å². The van der Waals surface area contributed by atoms with Gasteiger partial charge in [-0.3, -0.25) is 0 Å². The van der Waals surface area contributed by atoms with E-state index in [-0.39, 0.29) is 64.0 Å². The van der Waals surface area contributed by atoms with E-state index in [1.54, 1.807) is 117 Å². The van der Waals surface area contributed by atoms with Gasteiger partial charge in [-0.1, -0.05) is 76.6 Å². The summed E-state index contributed by atoms with van der Waals surface area (Å²) in [5.74, 6) is 4.31. The van der Waals surface area contributed by atoms with Crippen molar-refractivity contribution in [2.75, 3.05) is 45.4 Å². The number of nitrogens with zero attached hydrogens (tertiary/aromatic N) is 14. The van der Waals surface area contributed by atoms with Crippen molar-refractivity contribution in [1.82, 2.24) is 83.4 Å². The van der Waals surface area contributed by atoms with Crippen LogP contribution in [0.25, 0.3) is 89.6 Å². The first-order valence-electron chi connectivity index (χ1n) is 32.1. The summed E-state index contributed by atoms with van der Waals surface area (Å²) < 4.78 is 108. The molecule has 0 fully saturated rings. The van der Waals surface area contributed by atoms with Gasteiger partial charge in [0, 0.05) is 39.3 Å². The number of rotatable bonds is 9. The van der Waals surface area contributed by atoms with E-state index in [1.807, 2.05) is 0 Å². The number of sulfonamides is 2. The third-order valence-electron chi connectivity index (χ3n) is 15.6. The molecule has 0 amide bonds. The van der Waals surface area contributed by atoms with Crippen LogP contribution in [0, 0.1) is 49.0 Å². The lowest BCUT2D eigenvalue weighted by atomic mass is 10.1. The molecule has 9 N–H and O–H groups in total. The summed E-state index contributed by atoms with van der Waals surface area (Å²) >= 11 is 49.3. The number of benzene rings is 6. The van der Waals surface area contributed by atoms with Gasteiger partial charge in [0.05, 0.1) is 163 Å². The molecule has 6 aromatic carbocycles. The third kappa shape index (κ3) is 21.0. The van der Waals surface area contributed by atoms with Crippen LogP contribution in [0.4, 0.5) is 34.6 Å². The maximum Gasteiger partial charge on any atom is 0.242 e. The molecule has 0 bridgehead atoms. The predicted octanol–water partition coefficient (Wildman–Crippen LogP) is 18.4. The fourth-order valence-corrected chi connectivity index (χ4v) is 13.9. The average Bonchev–Trinajstić information content (AvgIpc) is 1.73. The van der Waals surface area contributed by atoms with Gasteiger partial charge in [-0.05, 0) is 196 Å². The number of aromatic nitrogens is 15. The molecule has 0 radical (unpaired) electrons. The van der Waals surface area contributed by atoms with Crippen molar-refractivity contribution in [3.05, 3.63) is 262 Å². The molecule has 9 aromatic heterocycles. The van der Waals surface area contributed by atoms with Crippen LogP contribution in [0.15, 0.2) is 185 Å². The molecule has 15 rings (SSSR count). The quantitative estimate of drug-likeness (QED) is 0.0338. The van der Waals surface area contributed by atoms with Gasteiger partial charge in [-0.2, -0.15) is 0 Å². The molecule has 0 aliphatic carbocycles. The Morgan fingerprint density at radius 2 is 0.770 bits per heavy atom. The zero-order valence-corrected chi connectivity index (χ0v) is 68.3. The van der Waals surface area contributed by atoms with Crippen molar-refractivity contribution in [3.63, 3.8) is 0 Å². The summed E-state index contributed by atoms with van der Waals surface area (Å²) in [4.78, 5) is 57.5. The van der Waals surface area contributed by atoms with Crippen LogP contribution >= 0.6 is 109 Å². The Hall–Kier alpha value is -10.3. The van der Waals surface area contributed by atoms with Crippen LogP contribution < -0.4 is 17.2 Å². The molecule has 0 saturated carbocycles. The highest BCUT2D eigenvalue weighted by Gasteiger charge is 2.23. The Bertz CT molecular complexity index is 6070. The van der Waals surface area contributed by atoms with Crippen LogP contribution in [0.2, 0.25) is 41.2 Å². The van der Waals surface area contributed by atoms with Crippen LogP contribution in [-0.4, -0.2) is 128 Å². The molecule has 9 heterocycles. The van der Waals surface area contributed by atoms with Crippen molar-refractivity contribution in [2.45, 2.75) is 23.6 Å². The lowest BCUT2D eigenvalue weighted by Crippen LogP contribution is -2.22. The second kappa shape index (κ2) is 37.1. The molecule has 0 spiro atoms. The standard InChI is InChI=1S/2C21H18ClFN4O2S.2C12H6Cl2FN3.C4H3BrClN3.C4H4ClN3/c2*1-12-9-13(30(28,29)27(2)3)7-8-14(12)21-24-11-19-17(26-21)10-18(25-19)20-15(22)5-4-6-16(20)23;13-6-2-1-3-7(15)11(6)9-4-8-10(17-9)5-16-12(14)18-8;13-8-2-1-3-9(15)7(8)4-5-11-10(16)6-17-12(14)18-11;5-3-2(7)1-8-4(6)9-3;5-4-7-1-3(6)2-8-4/h2*4-11,25H,1-3H3;1-5,17H;1-3,6H,16H2;1H,7H2;1-2H,6H2. The van der Waals surface area contributed by atoms with E-state index in [1.165, 1.54) is 104 Å². The van der Waals surface area contributed by atoms with Crippen LogP contribution in [0.5, 0.6) is 0 Å². The van der Waals surface area contributed by atoms with Crippen LogP contribution in [-0.2, 0) is 20.0 Å². The number of anilines is 3. The minimum absolute atomic E-state index is 0.0214. The number of nitrogens with one attached hydrogen (secondary N) is 3. The second-order valence-electron chi connectivity index (χ2n) is 23.8. The highest BCUT2D eigenvalue weighted by atomic mass is 79.9. The summed E-state index contributed by atoms with van der Waals surface area (Å²) in [6.07, 6.45) is 10.5. The van der Waals surface area contributed by atoms with Crippen molar-refractivity contribution < 1.29 is 34.4 Å². The summed E-state index contributed by atoms with van der Waals surface area (Å²) in [6.45, 7) is 3.61. The monoisotopic (exact) mass is 1790 g/mol. The lowest BCUT2D eigenvalue weighted by Gasteiger charge is -2.13. The smallest absolute Gasteiger partial charge is 0.242 e. The van der Waals surface area contributed by atoms with E-state index in [9.17, 15) is 34.4 Å². The highest BCUT2D eigenvalue weighted by Crippen LogP contribution is 2.37. The Morgan fingerprint density at radius 3 is 1.15 bits per heavy atom. The first-order valence-corrected chi connectivity index (χ1v) is 38.8. The number of halogens is 13. The Labute approximate surface area is 690 Å². The molecule has 39 heteroatoms. The van der Waals surface area contributed by atoms with Crippen LogP contribution in [0.1, 0.15) is 22.4 Å². The third-order valence-corrected chi connectivity index (χ3v) is 21.9. The minimum atomic E-state index is -3.53. The molecule has 578 valence electrons. The van der Waals surface area contributed by atoms with E-state index in [4.69, 9.17) is 110 Å². The van der Waals surface area contributed by atoms with Crippen molar-refractivity contribution in [3.8, 4) is 68.4 Å². The molecular weight excluding hydrogens is 1740 g/mol. The van der Waals surface area contributed by atoms with Gasteiger partial charge in [0.25, 0.3) is 0 Å². The van der Waals surface area contributed by atoms with Crippen molar-refractivity contribution >= 4 is 179 Å². The van der Waals surface area contributed by atoms with Gasteiger partial charge in [0.15, 0.2) is 11.6 Å². The number of H-pyrrole nitrogens is 3. The average molecular weight is 1790 g/mol. The summed E-state index contributed by atoms with van der Waals surface area (Å²) in [5.41, 5.74) is 26.8. The molecule has 0 atom stereocenters. The van der Waals surface area contributed by atoms with Gasteiger partial charge in [-0.15, -0.1) is 0 Å². The van der Waals surface area contributed by atoms with Gasteiger partial charge in [-0.25, -0.2) is 103 Å². The number of fused-ring (bicyclic) bond motifs is 3. The molecule has 15 aromatic rings. The number of hydrogen-bond donors (Lipinski definition) is 6. The first-order chi connectivity index (χ1) is 53.6. The van der Waals surface area contributed by atoms with Crippen molar-refractivity contribution in [1.29, 1.82) is 0 Å². The molecule has 0 aliphatic rings. The molecule has 24 nitrogen and oxygen atoms in total. The number of nitrogens with two attached hydrogens (primary N) is 3. The molecule has 0 aliphatic heterocycles. The van der Waals surface area contributed by atoms with E-state index >= 15 is 0 Å². The van der Waals surface area contributed by atoms with Gasteiger partial charge < -0.3 is 32.2 Å². The van der Waals surface area contributed by atoms with E-state index in [0.717, 1.165) is 11.1 Å². The van der Waals surface area contributed by atoms with Gasteiger partial charge in [0.1, 0.15) is 33.6 Å². The Balaban J connectivity index is 0.000000152. The molecule has 113 heavy (non-hydrogen) atoms. The van der Waals surface area contributed by atoms with Gasteiger partial charge in [0.2, 0.25) is 41.2 Å². The predicted molar refractivity (Wildman–Crippen MR) is 439 cm³/mol. The SMILES string of the molecule is Cc1cc(S(=O)(=O)N(C)C)ccc1-c1ncc2[nH]c(-c3c(F)cccc3Cl)cc2n1.Cc1cc(S(=O)(=O)N(C)C)ccc1-c1ncc2[nH]c(-c3c(F)cccc3Cl)cc2n1.Fc1cccc(Cl)c1-c1cc2nc(Cl)ncc2[nH]1.Nc1cnc(Cl)nc1.Nc1cnc(Cl)nc1Br.Nc1cnc(Cl)nc1C#Cc1c(F)cccc1Cl. The van der Waals surface area contributed by atoms with E-state index < -0.39 is 43.3 Å². The largest absolute Gasteiger partial charge is 0.396 e. The number of aromatic amines is 3. The zero-order chi connectivity index (χ0) is 81.9. The summed E-state index contributed by atoms with van der Waals surface area (Å²) in [6, 6.07) is 32.6. The van der Waals surface area contributed by atoms with Crippen molar-refractivity contribution in [2.24, 2.45) is 0 Å². The second-order valence-corrected chi connectivity index (χ2v) is 31.8. The number of aryl methyl sites for hydroxylation is 2. The Kier molecular flexibility index (Phi) is 28.0. The Morgan fingerprint density at radius 1 is 0.407 bits per heavy atom. The normalized spacial score (nSPS) is 11.1. The van der Waals surface area contributed by atoms with E-state index in [2.05, 4.69) is 103 Å². The maximum atomic E-state index is 14.3. The molecule has 0 saturated heterocycles. The summed E-state index contributed by atoms with van der Waals surface area (Å²) in [5, 5.41) is 1.73. The number of hydrogen-bond acceptors (Lipinski definition) is 19.